The van der Waals surface area contributed by atoms with Crippen molar-refractivity contribution >= 4 is 45.9 Å². The summed E-state index contributed by atoms with van der Waals surface area (Å²) in [7, 11) is 0. The van der Waals surface area contributed by atoms with Gasteiger partial charge < -0.3 is 15.0 Å². The molecule has 0 radical (unpaired) electrons. The van der Waals surface area contributed by atoms with Gasteiger partial charge in [-0.1, -0.05) is 17.7 Å². The number of fused-ring (bicyclic) bond motifs is 1. The minimum atomic E-state index is -0.691. The maximum atomic E-state index is 13.2. The van der Waals surface area contributed by atoms with Crippen LogP contribution in [-0.2, 0) is 27.3 Å². The first-order valence-electron chi connectivity index (χ1n) is 11.4. The molecule has 0 aliphatic carbocycles. The van der Waals surface area contributed by atoms with Crippen molar-refractivity contribution in [3.8, 4) is 5.69 Å². The molecular formula is C24H27N4O6S2+. The Labute approximate surface area is 215 Å². The lowest BCUT2D eigenvalue weighted by molar-refractivity contribution is -0.704. The molecule has 2 amide bonds. The Morgan fingerprint density at radius 1 is 1.31 bits per heavy atom. The lowest BCUT2D eigenvalue weighted by Crippen LogP contribution is -2.37. The van der Waals surface area contributed by atoms with Crippen LogP contribution in [0, 0.1) is 6.92 Å². The summed E-state index contributed by atoms with van der Waals surface area (Å²) in [6, 6.07) is 7.48. The monoisotopic (exact) mass is 531 g/mol. The van der Waals surface area contributed by atoms with E-state index in [4.69, 9.17) is 9.26 Å². The molecule has 1 unspecified atom stereocenters. The highest BCUT2D eigenvalue weighted by molar-refractivity contribution is 8.00. The second kappa shape index (κ2) is 10.7. The zero-order chi connectivity index (χ0) is 26.0. The predicted molar refractivity (Wildman–Crippen MR) is 135 cm³/mol. The number of thioether (sulfide) groups is 1. The van der Waals surface area contributed by atoms with E-state index in [1.807, 2.05) is 31.2 Å². The van der Waals surface area contributed by atoms with Crippen LogP contribution in [0.4, 0.5) is 5.00 Å². The number of ether oxygens (including phenoxy) is 1. The molecule has 12 heteroatoms. The first kappa shape index (κ1) is 25.7. The lowest BCUT2D eigenvalue weighted by Gasteiger charge is -2.25. The van der Waals surface area contributed by atoms with Crippen molar-refractivity contribution in [3.63, 3.8) is 0 Å². The first-order chi connectivity index (χ1) is 17.2. The van der Waals surface area contributed by atoms with Crippen LogP contribution in [0.1, 0.15) is 47.1 Å². The zero-order valence-electron chi connectivity index (χ0n) is 20.4. The molecule has 10 nitrogen and oxygen atoms in total. The van der Waals surface area contributed by atoms with Crippen molar-refractivity contribution in [3.05, 3.63) is 56.3 Å². The van der Waals surface area contributed by atoms with Gasteiger partial charge in [0.25, 0.3) is 0 Å². The van der Waals surface area contributed by atoms with E-state index >= 15 is 0 Å². The number of H-pyrrole nitrogens is 1. The van der Waals surface area contributed by atoms with Gasteiger partial charge in [0, 0.05) is 30.5 Å². The van der Waals surface area contributed by atoms with Gasteiger partial charge in [0.15, 0.2) is 0 Å². The second-order valence-corrected chi connectivity index (χ2v) is 10.8. The fourth-order valence-corrected chi connectivity index (χ4v) is 5.98. The molecule has 2 aromatic heterocycles. The Morgan fingerprint density at radius 3 is 2.69 bits per heavy atom. The third-order valence-corrected chi connectivity index (χ3v) is 8.05. The molecule has 0 bridgehead atoms. The summed E-state index contributed by atoms with van der Waals surface area (Å²) in [4.78, 5) is 52.7. The van der Waals surface area contributed by atoms with Gasteiger partial charge in [0.05, 0.1) is 24.0 Å². The van der Waals surface area contributed by atoms with Crippen molar-refractivity contribution in [2.24, 2.45) is 0 Å². The minimum Gasteiger partial charge on any atom is -0.462 e. The van der Waals surface area contributed by atoms with Crippen molar-refractivity contribution in [1.82, 2.24) is 10.2 Å². The van der Waals surface area contributed by atoms with Crippen LogP contribution in [0.3, 0.4) is 0 Å². The number of rotatable bonds is 7. The standard InChI is InChI=1S/C24H26N4O6S2/c1-5-33-23(31)19-17-10-11-27(15(4)29)12-18(17)36-21(19)25-20(30)14(3)35-22-24(32)34-26-28(22)16-8-6-13(2)7-9-16/h6-9,14H,5,10-12H2,1-4H3,(H-,25,26,30,31,32)/p+1. The average molecular weight is 532 g/mol. The van der Waals surface area contributed by atoms with Crippen LogP contribution in [-0.4, -0.2) is 46.4 Å². The molecule has 0 saturated carbocycles. The quantitative estimate of drug-likeness (QED) is 0.273. The van der Waals surface area contributed by atoms with Crippen LogP contribution < -0.4 is 15.6 Å². The van der Waals surface area contributed by atoms with E-state index in [1.54, 1.807) is 18.7 Å². The molecular weight excluding hydrogens is 504 g/mol. The summed E-state index contributed by atoms with van der Waals surface area (Å²) in [6.07, 6.45) is 0.501. The number of hydrogen-bond acceptors (Lipinski definition) is 8. The Hall–Kier alpha value is -3.38. The number of esters is 1. The summed E-state index contributed by atoms with van der Waals surface area (Å²) in [5, 5.41) is 5.33. The van der Waals surface area contributed by atoms with E-state index in [0.717, 1.165) is 27.8 Å². The van der Waals surface area contributed by atoms with Crippen LogP contribution in [0.15, 0.2) is 38.6 Å². The van der Waals surface area contributed by atoms with E-state index in [2.05, 4.69) is 10.6 Å². The van der Waals surface area contributed by atoms with Gasteiger partial charge in [-0.15, -0.1) is 11.3 Å². The van der Waals surface area contributed by atoms with Crippen LogP contribution in [0.25, 0.3) is 5.69 Å². The highest BCUT2D eigenvalue weighted by Crippen LogP contribution is 2.38. The summed E-state index contributed by atoms with van der Waals surface area (Å²) in [5.74, 6) is -0.941. The number of nitrogens with one attached hydrogen (secondary N) is 2. The Balaban J connectivity index is 1.57. The van der Waals surface area contributed by atoms with Gasteiger partial charge in [-0.25, -0.2) is 9.59 Å². The van der Waals surface area contributed by atoms with Gasteiger partial charge in [0.2, 0.25) is 17.5 Å². The zero-order valence-corrected chi connectivity index (χ0v) is 22.0. The molecule has 0 fully saturated rings. The van der Waals surface area contributed by atoms with Gasteiger partial charge in [-0.3, -0.25) is 14.1 Å². The third-order valence-electron chi connectivity index (χ3n) is 5.78. The van der Waals surface area contributed by atoms with Crippen molar-refractivity contribution in [2.75, 3.05) is 18.5 Å². The van der Waals surface area contributed by atoms with E-state index < -0.39 is 16.8 Å². The molecule has 0 saturated heterocycles. The molecule has 1 aliphatic rings. The van der Waals surface area contributed by atoms with Crippen LogP contribution >= 0.6 is 23.1 Å². The van der Waals surface area contributed by atoms with Gasteiger partial charge in [0.1, 0.15) is 5.00 Å². The number of nitrogens with zero attached hydrogens (tertiary/aromatic N) is 2. The van der Waals surface area contributed by atoms with E-state index in [0.29, 0.717) is 35.8 Å². The number of benzene rings is 1. The molecule has 36 heavy (non-hydrogen) atoms. The number of aromatic amines is 1. The van der Waals surface area contributed by atoms with Crippen LogP contribution in [0.2, 0.25) is 0 Å². The normalized spacial score (nSPS) is 13.7. The highest BCUT2D eigenvalue weighted by atomic mass is 32.2. The predicted octanol–water partition coefficient (Wildman–Crippen LogP) is 2.82. The Morgan fingerprint density at radius 2 is 2.03 bits per heavy atom. The lowest BCUT2D eigenvalue weighted by atomic mass is 10.0. The Bertz CT molecular complexity index is 1360. The molecule has 0 spiro atoms. The first-order valence-corrected chi connectivity index (χ1v) is 13.1. The van der Waals surface area contributed by atoms with Crippen molar-refractivity contribution in [1.29, 1.82) is 0 Å². The fourth-order valence-electron chi connectivity index (χ4n) is 3.84. The molecule has 190 valence electrons. The number of aromatic nitrogens is 2. The van der Waals surface area contributed by atoms with Gasteiger partial charge in [-0.2, -0.15) is 0 Å². The third kappa shape index (κ3) is 5.24. The summed E-state index contributed by atoms with van der Waals surface area (Å²) >= 11 is 2.31. The molecule has 1 atom stereocenters. The molecule has 2 N–H and O–H groups in total. The maximum absolute atomic E-state index is 13.2. The number of amides is 2. The number of hydrogen-bond donors (Lipinski definition) is 2. The van der Waals surface area contributed by atoms with Gasteiger partial charge >= 0.3 is 16.6 Å². The molecule has 1 aromatic carbocycles. The number of anilines is 1. The number of thiophene rings is 1. The summed E-state index contributed by atoms with van der Waals surface area (Å²) < 4.78 is 11.7. The summed E-state index contributed by atoms with van der Waals surface area (Å²) in [6.45, 7) is 7.92. The highest BCUT2D eigenvalue weighted by Gasteiger charge is 2.33. The maximum Gasteiger partial charge on any atom is 0.442 e. The SMILES string of the molecule is CCOC(=O)c1c(NC(=O)C(C)Sc2c(=O)o[nH][n+]2-c2ccc(C)cc2)sc2c1CCN(C(C)=O)C2. The number of aryl methyl sites for hydroxylation is 1. The number of carbonyl (C=O) groups excluding carboxylic acids is 3. The molecule has 3 heterocycles. The summed E-state index contributed by atoms with van der Waals surface area (Å²) in [5.41, 5.74) is 2.29. The van der Waals surface area contributed by atoms with E-state index in [-0.39, 0.29) is 23.4 Å². The minimum absolute atomic E-state index is 0.0467. The largest absolute Gasteiger partial charge is 0.462 e. The van der Waals surface area contributed by atoms with Crippen molar-refractivity contribution in [2.45, 2.75) is 50.9 Å². The molecule has 1 aliphatic heterocycles. The topological polar surface area (TPSA) is 126 Å². The smallest absolute Gasteiger partial charge is 0.442 e. The van der Waals surface area contributed by atoms with Crippen molar-refractivity contribution < 1.29 is 28.3 Å². The van der Waals surface area contributed by atoms with E-state index in [9.17, 15) is 19.2 Å². The fraction of sp³-hybridized carbons (Fsp3) is 0.375. The Kier molecular flexibility index (Phi) is 7.65. The molecule has 4 rings (SSSR count). The van der Waals surface area contributed by atoms with Crippen LogP contribution in [0.5, 0.6) is 0 Å². The second-order valence-electron chi connectivity index (χ2n) is 8.33. The van der Waals surface area contributed by atoms with E-state index in [1.165, 1.54) is 22.9 Å². The number of carbonyl (C=O) groups is 3. The average Bonchev–Trinajstić information content (AvgIpc) is 3.39. The molecule has 3 aromatic rings. The van der Waals surface area contributed by atoms with Gasteiger partial charge in [-0.05, 0) is 54.5 Å².